The predicted octanol–water partition coefficient (Wildman–Crippen LogP) is 2.96. The van der Waals surface area contributed by atoms with Crippen molar-refractivity contribution in [2.24, 2.45) is 0 Å². The Labute approximate surface area is 95.1 Å². The van der Waals surface area contributed by atoms with E-state index in [-0.39, 0.29) is 13.5 Å². The molecule has 0 amide bonds. The summed E-state index contributed by atoms with van der Waals surface area (Å²) in [5, 5.41) is 0. The molecule has 1 aromatic rings. The molecule has 0 N–H and O–H groups in total. The van der Waals surface area contributed by atoms with Crippen LogP contribution in [0.1, 0.15) is 5.56 Å². The van der Waals surface area contributed by atoms with Gasteiger partial charge in [0, 0.05) is 7.05 Å². The standard InChI is InChI=1S/C8H10ClNOS.H2S/c1-10(9)12-11-7-8-5-3-2-4-6-8;/h2-6H,7H2,1H3;1H2. The highest BCUT2D eigenvalue weighted by molar-refractivity contribution is 7.93. The number of benzene rings is 1. The fourth-order valence-corrected chi connectivity index (χ4v) is 1.19. The van der Waals surface area contributed by atoms with Crippen LogP contribution >= 0.6 is 37.5 Å². The second-order valence-electron chi connectivity index (χ2n) is 2.24. The highest BCUT2D eigenvalue weighted by atomic mass is 35.5. The normalized spacial score (nSPS) is 9.77. The Morgan fingerprint density at radius 2 is 2.00 bits per heavy atom. The SMILES string of the molecule is CN(Cl)SOCc1ccccc1.S. The Kier molecular flexibility index (Phi) is 7.60. The molecule has 0 bridgehead atoms. The molecule has 1 rings (SSSR count). The molecule has 0 aromatic heterocycles. The third-order valence-corrected chi connectivity index (χ3v) is 1.82. The number of nitrogens with zero attached hydrogens (tertiary/aromatic N) is 1. The van der Waals surface area contributed by atoms with E-state index in [1.807, 2.05) is 30.3 Å². The smallest absolute Gasteiger partial charge is 0.0979 e. The Hall–Kier alpha value is 0.130. The zero-order valence-electron chi connectivity index (χ0n) is 7.24. The molecule has 0 spiro atoms. The molecule has 13 heavy (non-hydrogen) atoms. The molecule has 2 nitrogen and oxygen atoms in total. The summed E-state index contributed by atoms with van der Waals surface area (Å²) in [7, 11) is 1.72. The highest BCUT2D eigenvalue weighted by Gasteiger charge is 1.94. The van der Waals surface area contributed by atoms with Gasteiger partial charge in [0.25, 0.3) is 0 Å². The second kappa shape index (κ2) is 7.53. The molecule has 0 aliphatic heterocycles. The van der Waals surface area contributed by atoms with E-state index in [1.165, 1.54) is 3.82 Å². The molecule has 0 saturated heterocycles. The van der Waals surface area contributed by atoms with E-state index in [1.54, 1.807) is 7.05 Å². The minimum atomic E-state index is 0. The first-order valence-electron chi connectivity index (χ1n) is 3.52. The fourth-order valence-electron chi connectivity index (χ4n) is 0.741. The van der Waals surface area contributed by atoms with Crippen molar-refractivity contribution < 1.29 is 4.18 Å². The van der Waals surface area contributed by atoms with Crippen molar-refractivity contribution >= 4 is 37.5 Å². The first-order valence-corrected chi connectivity index (χ1v) is 4.55. The number of hydrogen-bond donors (Lipinski definition) is 0. The average molecular weight is 238 g/mol. The van der Waals surface area contributed by atoms with E-state index in [9.17, 15) is 0 Å². The first-order chi connectivity index (χ1) is 5.79. The van der Waals surface area contributed by atoms with Crippen molar-refractivity contribution in [3.8, 4) is 0 Å². The Morgan fingerprint density at radius 1 is 1.38 bits per heavy atom. The molecule has 0 unspecified atom stereocenters. The molecule has 74 valence electrons. The maximum Gasteiger partial charge on any atom is 0.0979 e. The van der Waals surface area contributed by atoms with Crippen LogP contribution in [0.5, 0.6) is 0 Å². The maximum atomic E-state index is 5.52. The van der Waals surface area contributed by atoms with E-state index >= 15 is 0 Å². The molecule has 1 aromatic carbocycles. The van der Waals surface area contributed by atoms with Crippen LogP contribution in [0.3, 0.4) is 0 Å². The molecule has 0 aliphatic carbocycles. The van der Waals surface area contributed by atoms with Crippen molar-refractivity contribution in [2.45, 2.75) is 6.61 Å². The van der Waals surface area contributed by atoms with Crippen LogP contribution in [-0.4, -0.2) is 10.9 Å². The van der Waals surface area contributed by atoms with Gasteiger partial charge in [-0.1, -0.05) is 30.3 Å². The summed E-state index contributed by atoms with van der Waals surface area (Å²) in [4.78, 5) is 0. The van der Waals surface area contributed by atoms with Gasteiger partial charge in [0.05, 0.1) is 18.8 Å². The van der Waals surface area contributed by atoms with Crippen LogP contribution in [0.15, 0.2) is 30.3 Å². The van der Waals surface area contributed by atoms with Gasteiger partial charge in [0.1, 0.15) is 0 Å². The second-order valence-corrected chi connectivity index (χ2v) is 3.88. The molecule has 0 radical (unpaired) electrons. The summed E-state index contributed by atoms with van der Waals surface area (Å²) in [6, 6.07) is 9.95. The number of hydrogen-bond acceptors (Lipinski definition) is 3. The summed E-state index contributed by atoms with van der Waals surface area (Å²) >= 11 is 6.64. The minimum Gasteiger partial charge on any atom is -0.295 e. The average Bonchev–Trinajstić information content (AvgIpc) is 2.05. The third-order valence-electron chi connectivity index (χ3n) is 1.22. The molecule has 0 fully saturated rings. The molecule has 0 heterocycles. The predicted molar refractivity (Wildman–Crippen MR) is 62.8 cm³/mol. The van der Waals surface area contributed by atoms with Crippen molar-refractivity contribution in [3.05, 3.63) is 35.9 Å². The lowest BCUT2D eigenvalue weighted by molar-refractivity contribution is 0.354. The van der Waals surface area contributed by atoms with Crippen LogP contribution in [0, 0.1) is 0 Å². The molecule has 0 saturated carbocycles. The zero-order chi connectivity index (χ0) is 8.81. The Bertz CT molecular complexity index is 221. The molecule has 0 aliphatic rings. The van der Waals surface area contributed by atoms with Crippen LogP contribution < -0.4 is 0 Å². The van der Waals surface area contributed by atoms with Crippen LogP contribution in [-0.2, 0) is 10.8 Å². The number of halogens is 1. The lowest BCUT2D eigenvalue weighted by Crippen LogP contribution is -1.93. The van der Waals surface area contributed by atoms with E-state index in [4.69, 9.17) is 16.0 Å². The molecular formula is C8H12ClNOS2. The summed E-state index contributed by atoms with van der Waals surface area (Å²) < 4.78 is 6.58. The lowest BCUT2D eigenvalue weighted by Gasteiger charge is -2.04. The van der Waals surface area contributed by atoms with Crippen molar-refractivity contribution in [1.29, 1.82) is 0 Å². The summed E-state index contributed by atoms with van der Waals surface area (Å²) in [5.41, 5.74) is 1.14. The van der Waals surface area contributed by atoms with Gasteiger partial charge in [-0.3, -0.25) is 4.18 Å². The quantitative estimate of drug-likeness (QED) is 0.454. The van der Waals surface area contributed by atoms with Gasteiger partial charge in [0.2, 0.25) is 0 Å². The maximum absolute atomic E-state index is 5.52. The van der Waals surface area contributed by atoms with Gasteiger partial charge in [-0.05, 0) is 17.3 Å². The van der Waals surface area contributed by atoms with Gasteiger partial charge in [0.15, 0.2) is 0 Å². The summed E-state index contributed by atoms with van der Waals surface area (Å²) in [6.45, 7) is 0.572. The third kappa shape index (κ3) is 6.23. The van der Waals surface area contributed by atoms with E-state index in [0.717, 1.165) is 17.8 Å². The largest absolute Gasteiger partial charge is 0.295 e. The topological polar surface area (TPSA) is 12.5 Å². The minimum absolute atomic E-state index is 0. The van der Waals surface area contributed by atoms with Crippen LogP contribution in [0.2, 0.25) is 0 Å². The van der Waals surface area contributed by atoms with Crippen molar-refractivity contribution in [3.63, 3.8) is 0 Å². The Balaban J connectivity index is 0.00000144. The van der Waals surface area contributed by atoms with E-state index in [2.05, 4.69) is 0 Å². The number of rotatable bonds is 4. The fraction of sp³-hybridized carbons (Fsp3) is 0.250. The molecular weight excluding hydrogens is 226 g/mol. The molecule has 5 heteroatoms. The van der Waals surface area contributed by atoms with Gasteiger partial charge < -0.3 is 0 Å². The highest BCUT2D eigenvalue weighted by Crippen LogP contribution is 2.13. The van der Waals surface area contributed by atoms with Crippen molar-refractivity contribution in [2.75, 3.05) is 7.05 Å². The van der Waals surface area contributed by atoms with Gasteiger partial charge in [-0.25, -0.2) is 0 Å². The van der Waals surface area contributed by atoms with E-state index in [0.29, 0.717) is 6.61 Å². The van der Waals surface area contributed by atoms with Gasteiger partial charge in [-0.15, -0.1) is 3.82 Å². The lowest BCUT2D eigenvalue weighted by atomic mass is 10.2. The van der Waals surface area contributed by atoms with E-state index < -0.39 is 0 Å². The van der Waals surface area contributed by atoms with Gasteiger partial charge in [-0.2, -0.15) is 13.5 Å². The monoisotopic (exact) mass is 237 g/mol. The first kappa shape index (κ1) is 13.1. The molecule has 0 atom stereocenters. The summed E-state index contributed by atoms with van der Waals surface area (Å²) in [6.07, 6.45) is 0. The Morgan fingerprint density at radius 3 is 2.54 bits per heavy atom. The summed E-state index contributed by atoms with van der Waals surface area (Å²) in [5.74, 6) is 0. The van der Waals surface area contributed by atoms with Crippen molar-refractivity contribution in [1.82, 2.24) is 3.82 Å². The van der Waals surface area contributed by atoms with Gasteiger partial charge >= 0.3 is 0 Å². The van der Waals surface area contributed by atoms with Crippen LogP contribution in [0.25, 0.3) is 0 Å². The van der Waals surface area contributed by atoms with Crippen LogP contribution in [0.4, 0.5) is 0 Å². The zero-order valence-corrected chi connectivity index (χ0v) is 9.81.